The van der Waals surface area contributed by atoms with Crippen LogP contribution in [0.25, 0.3) is 0 Å². The number of likely N-dealkylation sites (N-methyl/N-ethyl adjacent to an activating group) is 1. The number of rotatable bonds is 4. The molecule has 3 atom stereocenters. The maximum absolute atomic E-state index is 15.4. The van der Waals surface area contributed by atoms with E-state index in [0.29, 0.717) is 43.0 Å². The summed E-state index contributed by atoms with van der Waals surface area (Å²) in [5.41, 5.74) is 1.93. The Balaban J connectivity index is 1.28. The molecule has 0 radical (unpaired) electrons. The van der Waals surface area contributed by atoms with Gasteiger partial charge in [0, 0.05) is 43.7 Å². The summed E-state index contributed by atoms with van der Waals surface area (Å²) in [6, 6.07) is 15.6. The molecule has 2 N–H and O–H groups in total. The number of amides is 2. The standard InChI is InChI=1S/C28H31FN4O2/c1-18-27(3,29)13-23(20-8-6-5-7-9-20)16-33(18)17-25(34)31-24-11-10-21-14-28(15-22(21)12-24)26(35)30-19(2)32(28)4/h5-12,23H,1-2,13-17H2,3-4H3,(H,30,35)(H,31,34). The van der Waals surface area contributed by atoms with Gasteiger partial charge in [-0.05, 0) is 42.2 Å². The number of hydrogen-bond acceptors (Lipinski definition) is 4. The molecule has 2 aromatic carbocycles. The molecule has 0 aromatic heterocycles. The topological polar surface area (TPSA) is 64.7 Å². The second-order valence-electron chi connectivity index (χ2n) is 10.2. The highest BCUT2D eigenvalue weighted by atomic mass is 19.1. The Morgan fingerprint density at radius 3 is 2.57 bits per heavy atom. The number of halogens is 1. The van der Waals surface area contributed by atoms with Gasteiger partial charge in [0.05, 0.1) is 6.54 Å². The molecule has 2 saturated heterocycles. The largest absolute Gasteiger partial charge is 0.363 e. The van der Waals surface area contributed by atoms with E-state index in [4.69, 9.17) is 0 Å². The number of benzene rings is 2. The highest BCUT2D eigenvalue weighted by Gasteiger charge is 2.52. The van der Waals surface area contributed by atoms with Gasteiger partial charge in [0.2, 0.25) is 5.91 Å². The van der Waals surface area contributed by atoms with E-state index in [1.807, 2.05) is 60.5 Å². The first-order valence-corrected chi connectivity index (χ1v) is 11.9. The van der Waals surface area contributed by atoms with Crippen molar-refractivity contribution in [2.75, 3.05) is 25.5 Å². The number of nitrogens with one attached hydrogen (secondary N) is 2. The van der Waals surface area contributed by atoms with Crippen LogP contribution in [0, 0.1) is 0 Å². The summed E-state index contributed by atoms with van der Waals surface area (Å²) in [5, 5.41) is 5.79. The zero-order chi connectivity index (χ0) is 25.0. The Kier molecular flexibility index (Phi) is 5.46. The Morgan fingerprint density at radius 2 is 1.89 bits per heavy atom. The van der Waals surface area contributed by atoms with Crippen LogP contribution in [0.15, 0.2) is 73.2 Å². The fraction of sp³-hybridized carbons (Fsp3) is 0.357. The van der Waals surface area contributed by atoms with Crippen LogP contribution in [-0.4, -0.2) is 53.0 Å². The first-order valence-electron chi connectivity index (χ1n) is 11.9. The average molecular weight is 475 g/mol. The van der Waals surface area contributed by atoms with E-state index in [2.05, 4.69) is 23.8 Å². The smallest absolute Gasteiger partial charge is 0.252 e. The molecular formula is C28H31FN4O2. The summed E-state index contributed by atoms with van der Waals surface area (Å²) in [6.07, 6.45) is 1.49. The molecule has 2 amide bonds. The van der Waals surface area contributed by atoms with Crippen molar-refractivity contribution in [3.05, 3.63) is 89.9 Å². The molecule has 6 nitrogen and oxygen atoms in total. The highest BCUT2D eigenvalue weighted by Crippen LogP contribution is 2.41. The fourth-order valence-electron chi connectivity index (χ4n) is 5.71. The van der Waals surface area contributed by atoms with Crippen molar-refractivity contribution in [3.63, 3.8) is 0 Å². The Hall–Kier alpha value is -3.61. The van der Waals surface area contributed by atoms with E-state index in [9.17, 15) is 9.59 Å². The monoisotopic (exact) mass is 474 g/mol. The predicted molar refractivity (Wildman–Crippen MR) is 134 cm³/mol. The number of fused-ring (bicyclic) bond motifs is 1. The third-order valence-corrected chi connectivity index (χ3v) is 7.84. The molecule has 35 heavy (non-hydrogen) atoms. The van der Waals surface area contributed by atoms with Crippen LogP contribution in [0.3, 0.4) is 0 Å². The first kappa shape index (κ1) is 23.1. The number of carbonyl (C=O) groups is 2. The molecule has 0 bridgehead atoms. The van der Waals surface area contributed by atoms with E-state index in [1.165, 1.54) is 6.92 Å². The average Bonchev–Trinajstić information content (AvgIpc) is 3.30. The SMILES string of the molecule is C=C1NC(=O)C2(Cc3ccc(NC(=O)CN4CC(c5ccccc5)CC(C)(F)C4=C)cc3C2)N1C. The van der Waals surface area contributed by atoms with Crippen molar-refractivity contribution in [2.45, 2.75) is 43.3 Å². The summed E-state index contributed by atoms with van der Waals surface area (Å²) < 4.78 is 15.4. The van der Waals surface area contributed by atoms with Gasteiger partial charge in [0.25, 0.3) is 5.91 Å². The number of piperidine rings is 1. The lowest BCUT2D eigenvalue weighted by atomic mass is 9.82. The van der Waals surface area contributed by atoms with Crippen molar-refractivity contribution < 1.29 is 14.0 Å². The lowest BCUT2D eigenvalue weighted by Crippen LogP contribution is -2.47. The molecule has 2 aromatic rings. The van der Waals surface area contributed by atoms with Crippen molar-refractivity contribution in [1.29, 1.82) is 0 Å². The number of likely N-dealkylation sites (tertiary alicyclic amines) is 1. The molecule has 0 saturated carbocycles. The molecule has 2 aliphatic heterocycles. The van der Waals surface area contributed by atoms with Crippen molar-refractivity contribution in [2.24, 2.45) is 0 Å². The van der Waals surface area contributed by atoms with Gasteiger partial charge < -0.3 is 20.4 Å². The van der Waals surface area contributed by atoms with Crippen LogP contribution in [0.1, 0.15) is 36.0 Å². The van der Waals surface area contributed by atoms with Crippen LogP contribution in [0.4, 0.5) is 10.1 Å². The molecule has 7 heteroatoms. The maximum Gasteiger partial charge on any atom is 0.252 e. The Bertz CT molecular complexity index is 1220. The van der Waals surface area contributed by atoms with Crippen LogP contribution in [-0.2, 0) is 22.4 Å². The van der Waals surface area contributed by atoms with Crippen LogP contribution >= 0.6 is 0 Å². The number of anilines is 1. The first-order chi connectivity index (χ1) is 16.6. The van der Waals surface area contributed by atoms with E-state index in [-0.39, 0.29) is 24.3 Å². The van der Waals surface area contributed by atoms with Gasteiger partial charge in [0.15, 0.2) is 0 Å². The minimum absolute atomic E-state index is 0.0215. The van der Waals surface area contributed by atoms with Gasteiger partial charge >= 0.3 is 0 Å². The van der Waals surface area contributed by atoms with Crippen LogP contribution in [0.5, 0.6) is 0 Å². The fourth-order valence-corrected chi connectivity index (χ4v) is 5.71. The molecule has 2 fully saturated rings. The van der Waals surface area contributed by atoms with E-state index >= 15 is 4.39 Å². The van der Waals surface area contributed by atoms with Crippen LogP contribution < -0.4 is 10.6 Å². The Morgan fingerprint density at radius 1 is 1.17 bits per heavy atom. The highest BCUT2D eigenvalue weighted by molar-refractivity contribution is 5.94. The quantitative estimate of drug-likeness (QED) is 0.709. The molecular weight excluding hydrogens is 443 g/mol. The predicted octanol–water partition coefficient (Wildman–Crippen LogP) is 3.73. The minimum atomic E-state index is -1.58. The second-order valence-corrected chi connectivity index (χ2v) is 10.2. The lowest BCUT2D eigenvalue weighted by Gasteiger charge is -2.43. The van der Waals surface area contributed by atoms with E-state index in [0.717, 1.165) is 16.7 Å². The van der Waals surface area contributed by atoms with Gasteiger partial charge in [-0.25, -0.2) is 4.39 Å². The number of allylic oxidation sites excluding steroid dienone is 1. The third-order valence-electron chi connectivity index (χ3n) is 7.84. The van der Waals surface area contributed by atoms with Gasteiger partial charge in [-0.3, -0.25) is 9.59 Å². The number of hydrogen-bond donors (Lipinski definition) is 2. The molecule has 3 aliphatic rings. The van der Waals surface area contributed by atoms with Crippen molar-refractivity contribution >= 4 is 17.5 Å². The number of nitrogens with zero attached hydrogens (tertiary/aromatic N) is 2. The zero-order valence-electron chi connectivity index (χ0n) is 20.2. The molecule has 1 spiro atoms. The summed E-state index contributed by atoms with van der Waals surface area (Å²) in [6.45, 7) is 9.98. The molecule has 1 aliphatic carbocycles. The number of carbonyl (C=O) groups excluding carboxylic acids is 2. The van der Waals surface area contributed by atoms with Gasteiger partial charge in [-0.15, -0.1) is 0 Å². The van der Waals surface area contributed by atoms with Gasteiger partial charge in [-0.2, -0.15) is 0 Å². The molecule has 3 unspecified atom stereocenters. The van der Waals surface area contributed by atoms with Gasteiger partial charge in [-0.1, -0.05) is 49.6 Å². The third kappa shape index (κ3) is 3.99. The minimum Gasteiger partial charge on any atom is -0.363 e. The summed E-state index contributed by atoms with van der Waals surface area (Å²) >= 11 is 0. The molecule has 182 valence electrons. The van der Waals surface area contributed by atoms with Crippen molar-refractivity contribution in [3.8, 4) is 0 Å². The van der Waals surface area contributed by atoms with E-state index < -0.39 is 11.2 Å². The molecule has 2 heterocycles. The Labute approximate surface area is 205 Å². The normalized spacial score (nSPS) is 27.9. The zero-order valence-corrected chi connectivity index (χ0v) is 20.2. The lowest BCUT2D eigenvalue weighted by molar-refractivity contribution is -0.125. The summed E-state index contributed by atoms with van der Waals surface area (Å²) in [7, 11) is 1.88. The maximum atomic E-state index is 15.4. The van der Waals surface area contributed by atoms with E-state index in [1.54, 1.807) is 4.90 Å². The van der Waals surface area contributed by atoms with Gasteiger partial charge in [0.1, 0.15) is 17.0 Å². The summed E-state index contributed by atoms with van der Waals surface area (Å²) in [5.74, 6) is 0.307. The van der Waals surface area contributed by atoms with Crippen LogP contribution in [0.2, 0.25) is 0 Å². The number of alkyl halides is 1. The second kappa shape index (κ2) is 8.26. The molecule has 5 rings (SSSR count). The van der Waals surface area contributed by atoms with Crippen molar-refractivity contribution in [1.82, 2.24) is 15.1 Å². The summed E-state index contributed by atoms with van der Waals surface area (Å²) in [4.78, 5) is 29.3.